The number of thiocarbonyl (C=S) groups is 1. The van der Waals surface area contributed by atoms with E-state index in [-0.39, 0.29) is 10.7 Å². The molecule has 9 heteroatoms. The van der Waals surface area contributed by atoms with Gasteiger partial charge in [-0.05, 0) is 48.6 Å². The van der Waals surface area contributed by atoms with Crippen molar-refractivity contribution in [3.8, 4) is 23.0 Å². The molecule has 2 aromatic rings. The lowest BCUT2D eigenvalue weighted by molar-refractivity contribution is -0.122. The number of nitrogens with one attached hydrogen (secondary N) is 1. The van der Waals surface area contributed by atoms with Gasteiger partial charge in [-0.1, -0.05) is 0 Å². The Balaban J connectivity index is 2.06. The number of rotatable bonds is 6. The summed E-state index contributed by atoms with van der Waals surface area (Å²) < 4.78 is 21.1. The third kappa shape index (κ3) is 3.92. The molecule has 156 valence electrons. The summed E-state index contributed by atoms with van der Waals surface area (Å²) in [6, 6.07) is 9.98. The maximum atomic E-state index is 13.2. The second-order valence-electron chi connectivity index (χ2n) is 6.11. The van der Waals surface area contributed by atoms with Gasteiger partial charge in [0.2, 0.25) is 0 Å². The Hall–Kier alpha value is -3.59. The number of hydrogen-bond acceptors (Lipinski definition) is 7. The Morgan fingerprint density at radius 1 is 0.867 bits per heavy atom. The van der Waals surface area contributed by atoms with Gasteiger partial charge in [-0.3, -0.25) is 19.8 Å². The summed E-state index contributed by atoms with van der Waals surface area (Å²) in [7, 11) is 6.01. The van der Waals surface area contributed by atoms with Gasteiger partial charge in [0.25, 0.3) is 11.8 Å². The van der Waals surface area contributed by atoms with Gasteiger partial charge in [0.1, 0.15) is 17.1 Å². The zero-order valence-corrected chi connectivity index (χ0v) is 17.7. The summed E-state index contributed by atoms with van der Waals surface area (Å²) in [6.45, 7) is 0. The molecule has 30 heavy (non-hydrogen) atoms. The summed E-state index contributed by atoms with van der Waals surface area (Å²) in [5.41, 5.74) is 0.858. The average Bonchev–Trinajstić information content (AvgIpc) is 2.76. The fourth-order valence-electron chi connectivity index (χ4n) is 2.94. The third-order valence-corrected chi connectivity index (χ3v) is 4.75. The van der Waals surface area contributed by atoms with Crippen molar-refractivity contribution in [2.24, 2.45) is 0 Å². The van der Waals surface area contributed by atoms with Gasteiger partial charge < -0.3 is 18.9 Å². The van der Waals surface area contributed by atoms with Crippen LogP contribution in [0.3, 0.4) is 0 Å². The molecule has 0 aliphatic carbocycles. The van der Waals surface area contributed by atoms with Crippen LogP contribution in [0.4, 0.5) is 5.69 Å². The number of anilines is 1. The highest BCUT2D eigenvalue weighted by atomic mass is 32.1. The molecule has 1 saturated heterocycles. The van der Waals surface area contributed by atoms with Gasteiger partial charge in [-0.15, -0.1) is 0 Å². The number of benzene rings is 2. The molecule has 1 heterocycles. The van der Waals surface area contributed by atoms with E-state index in [1.807, 2.05) is 0 Å². The monoisotopic (exact) mass is 428 g/mol. The summed E-state index contributed by atoms with van der Waals surface area (Å²) in [4.78, 5) is 27.0. The van der Waals surface area contributed by atoms with Crippen molar-refractivity contribution >= 4 is 40.9 Å². The minimum absolute atomic E-state index is 0.00778. The largest absolute Gasteiger partial charge is 0.497 e. The second kappa shape index (κ2) is 8.83. The first-order valence-corrected chi connectivity index (χ1v) is 9.19. The lowest BCUT2D eigenvalue weighted by atomic mass is 10.1. The number of hydrogen-bond donors (Lipinski definition) is 1. The van der Waals surface area contributed by atoms with Gasteiger partial charge in [0.15, 0.2) is 16.6 Å². The van der Waals surface area contributed by atoms with Gasteiger partial charge >= 0.3 is 0 Å². The maximum absolute atomic E-state index is 13.2. The fourth-order valence-corrected chi connectivity index (χ4v) is 3.23. The Morgan fingerprint density at radius 2 is 1.47 bits per heavy atom. The molecule has 1 aliphatic rings. The number of carbonyl (C=O) groups is 2. The molecular weight excluding hydrogens is 408 g/mol. The van der Waals surface area contributed by atoms with Crippen LogP contribution < -0.4 is 29.2 Å². The van der Waals surface area contributed by atoms with Crippen LogP contribution in [0.5, 0.6) is 23.0 Å². The van der Waals surface area contributed by atoms with Gasteiger partial charge in [-0.25, -0.2) is 0 Å². The van der Waals surface area contributed by atoms with E-state index in [1.165, 1.54) is 32.3 Å². The molecular formula is C21H20N2O6S. The van der Waals surface area contributed by atoms with E-state index in [4.69, 9.17) is 31.2 Å². The highest BCUT2D eigenvalue weighted by Gasteiger charge is 2.34. The topological polar surface area (TPSA) is 86.3 Å². The molecule has 1 aliphatic heterocycles. The molecule has 0 aromatic heterocycles. The van der Waals surface area contributed by atoms with Gasteiger partial charge in [0, 0.05) is 11.6 Å². The van der Waals surface area contributed by atoms with E-state index < -0.39 is 11.8 Å². The zero-order chi connectivity index (χ0) is 21.8. The predicted octanol–water partition coefficient (Wildman–Crippen LogP) is 2.55. The molecule has 2 aromatic carbocycles. The summed E-state index contributed by atoms with van der Waals surface area (Å²) in [5, 5.41) is 2.54. The zero-order valence-electron chi connectivity index (χ0n) is 16.8. The van der Waals surface area contributed by atoms with E-state index in [0.717, 1.165) is 0 Å². The third-order valence-electron chi connectivity index (χ3n) is 4.47. The van der Waals surface area contributed by atoms with Crippen LogP contribution in [0.2, 0.25) is 0 Å². The SMILES string of the molecule is COc1ccc(N2C(=O)/C(=C/c3cc(OC)c(OC)cc3OC)C(=O)NC2=S)cc1. The van der Waals surface area contributed by atoms with E-state index in [2.05, 4.69) is 5.32 Å². The number of methoxy groups -OCH3 is 4. The van der Waals surface area contributed by atoms with Crippen molar-refractivity contribution < 1.29 is 28.5 Å². The number of amides is 2. The highest BCUT2D eigenvalue weighted by molar-refractivity contribution is 7.80. The Bertz CT molecular complexity index is 1030. The smallest absolute Gasteiger partial charge is 0.270 e. The van der Waals surface area contributed by atoms with Gasteiger partial charge in [0.05, 0.1) is 34.1 Å². The minimum atomic E-state index is -0.605. The van der Waals surface area contributed by atoms with Gasteiger partial charge in [-0.2, -0.15) is 0 Å². The summed E-state index contributed by atoms with van der Waals surface area (Å²) >= 11 is 5.22. The first-order valence-electron chi connectivity index (χ1n) is 8.79. The van der Waals surface area contributed by atoms with Crippen molar-refractivity contribution in [2.75, 3.05) is 33.3 Å². The summed E-state index contributed by atoms with van der Waals surface area (Å²) in [5.74, 6) is 0.750. The maximum Gasteiger partial charge on any atom is 0.270 e. The first-order chi connectivity index (χ1) is 14.4. The van der Waals surface area contributed by atoms with Crippen molar-refractivity contribution in [2.45, 2.75) is 0 Å². The van der Waals surface area contributed by atoms with Crippen LogP contribution in [0.15, 0.2) is 42.0 Å². The molecule has 2 amide bonds. The Kier molecular flexibility index (Phi) is 6.22. The Morgan fingerprint density at radius 3 is 2.03 bits per heavy atom. The quantitative estimate of drug-likeness (QED) is 0.430. The molecule has 8 nitrogen and oxygen atoms in total. The van der Waals surface area contributed by atoms with Crippen molar-refractivity contribution in [3.05, 3.63) is 47.5 Å². The molecule has 1 fully saturated rings. The van der Waals surface area contributed by atoms with E-state index in [1.54, 1.807) is 43.5 Å². The van der Waals surface area contributed by atoms with Crippen molar-refractivity contribution in [3.63, 3.8) is 0 Å². The highest BCUT2D eigenvalue weighted by Crippen LogP contribution is 2.36. The summed E-state index contributed by atoms with van der Waals surface area (Å²) in [6.07, 6.45) is 1.43. The van der Waals surface area contributed by atoms with Crippen LogP contribution in [0.25, 0.3) is 6.08 Å². The fraction of sp³-hybridized carbons (Fsp3) is 0.190. The molecule has 0 saturated carbocycles. The number of nitrogens with zero attached hydrogens (tertiary/aromatic N) is 1. The molecule has 0 radical (unpaired) electrons. The molecule has 3 rings (SSSR count). The van der Waals surface area contributed by atoms with Crippen molar-refractivity contribution in [1.29, 1.82) is 0 Å². The number of ether oxygens (including phenoxy) is 4. The molecule has 0 unspecified atom stereocenters. The van der Waals surface area contributed by atoms with Crippen molar-refractivity contribution in [1.82, 2.24) is 5.32 Å². The van der Waals surface area contributed by atoms with Crippen LogP contribution in [0, 0.1) is 0 Å². The minimum Gasteiger partial charge on any atom is -0.497 e. The lowest BCUT2D eigenvalue weighted by Gasteiger charge is -2.29. The average molecular weight is 428 g/mol. The predicted molar refractivity (Wildman–Crippen MR) is 115 cm³/mol. The molecule has 0 bridgehead atoms. The standard InChI is InChI=1S/C21H20N2O6S/c1-26-14-7-5-13(6-8-14)23-20(25)15(19(24)22-21(23)30)9-12-10-17(28-3)18(29-4)11-16(12)27-2/h5-11H,1-4H3,(H,22,24,30)/b15-9+. The number of carbonyl (C=O) groups excluding carboxylic acids is 2. The van der Waals surface area contributed by atoms with E-state index in [9.17, 15) is 9.59 Å². The van der Waals surface area contributed by atoms with E-state index >= 15 is 0 Å². The van der Waals surface area contributed by atoms with Crippen LogP contribution in [-0.2, 0) is 9.59 Å². The normalized spacial score (nSPS) is 15.1. The van der Waals surface area contributed by atoms with E-state index in [0.29, 0.717) is 34.2 Å². The molecule has 0 atom stereocenters. The lowest BCUT2D eigenvalue weighted by Crippen LogP contribution is -2.54. The van der Waals surface area contributed by atoms with Crippen LogP contribution >= 0.6 is 12.2 Å². The first kappa shape index (κ1) is 21.1. The molecule has 0 spiro atoms. The second-order valence-corrected chi connectivity index (χ2v) is 6.49. The Labute approximate surface area is 179 Å². The molecule has 1 N–H and O–H groups in total. The van der Waals surface area contributed by atoms with Crippen LogP contribution in [-0.4, -0.2) is 45.4 Å². The van der Waals surface area contributed by atoms with Crippen LogP contribution in [0.1, 0.15) is 5.56 Å².